The minimum atomic E-state index is 0.257. The largest absolute Gasteiger partial charge is 0.396 e. The third kappa shape index (κ3) is 4.37. The molecular weight excluding hydrogens is 260 g/mol. The highest BCUT2D eigenvalue weighted by atomic mass is 35.5. The van der Waals surface area contributed by atoms with Gasteiger partial charge in [0.25, 0.3) is 0 Å². The third-order valence-corrected chi connectivity index (χ3v) is 3.84. The Morgan fingerprint density at radius 2 is 2.26 bits per heavy atom. The SMILES string of the molecule is CC1CC(NCCCO)CN(c2cccc(Cl)c2)C1. The number of nitrogens with one attached hydrogen (secondary N) is 1. The Balaban J connectivity index is 1.97. The minimum Gasteiger partial charge on any atom is -0.396 e. The van der Waals surface area contributed by atoms with Gasteiger partial charge in [0.15, 0.2) is 0 Å². The summed E-state index contributed by atoms with van der Waals surface area (Å²) in [6, 6.07) is 8.56. The molecule has 2 atom stereocenters. The summed E-state index contributed by atoms with van der Waals surface area (Å²) < 4.78 is 0. The van der Waals surface area contributed by atoms with Crippen LogP contribution in [0.2, 0.25) is 5.02 Å². The molecule has 1 fully saturated rings. The topological polar surface area (TPSA) is 35.5 Å². The van der Waals surface area contributed by atoms with E-state index in [4.69, 9.17) is 16.7 Å². The summed E-state index contributed by atoms with van der Waals surface area (Å²) in [6.07, 6.45) is 2.02. The Hall–Kier alpha value is -0.770. The van der Waals surface area contributed by atoms with E-state index in [2.05, 4.69) is 23.2 Å². The standard InChI is InChI=1S/C15H23ClN2O/c1-12-8-14(17-6-3-7-19)11-18(10-12)15-5-2-4-13(16)9-15/h2,4-5,9,12,14,17,19H,3,6-8,10-11H2,1H3. The number of hydrogen-bond acceptors (Lipinski definition) is 3. The van der Waals surface area contributed by atoms with Crippen molar-refractivity contribution in [2.24, 2.45) is 5.92 Å². The van der Waals surface area contributed by atoms with Crippen LogP contribution in [0.4, 0.5) is 5.69 Å². The highest BCUT2D eigenvalue weighted by Crippen LogP contribution is 2.25. The van der Waals surface area contributed by atoms with Crippen LogP contribution in [0.25, 0.3) is 0 Å². The molecule has 2 unspecified atom stereocenters. The number of hydrogen-bond donors (Lipinski definition) is 2. The maximum Gasteiger partial charge on any atom is 0.0443 e. The Kier molecular flexibility index (Phi) is 5.49. The molecule has 0 spiro atoms. The Morgan fingerprint density at radius 3 is 3.00 bits per heavy atom. The monoisotopic (exact) mass is 282 g/mol. The zero-order valence-corrected chi connectivity index (χ0v) is 12.2. The number of aliphatic hydroxyl groups excluding tert-OH is 1. The molecule has 0 saturated carbocycles. The van der Waals surface area contributed by atoms with E-state index in [9.17, 15) is 0 Å². The average molecular weight is 283 g/mol. The first-order chi connectivity index (χ1) is 9.19. The molecule has 0 radical (unpaired) electrons. The van der Waals surface area contributed by atoms with Crippen LogP contribution < -0.4 is 10.2 Å². The molecule has 19 heavy (non-hydrogen) atoms. The number of rotatable bonds is 5. The van der Waals surface area contributed by atoms with Gasteiger partial charge in [-0.25, -0.2) is 0 Å². The Morgan fingerprint density at radius 1 is 1.42 bits per heavy atom. The molecule has 1 aliphatic rings. The normalized spacial score (nSPS) is 23.6. The van der Waals surface area contributed by atoms with Crippen molar-refractivity contribution in [3.63, 3.8) is 0 Å². The van der Waals surface area contributed by atoms with E-state index in [0.717, 1.165) is 31.1 Å². The molecular formula is C15H23ClN2O. The average Bonchev–Trinajstić information content (AvgIpc) is 2.38. The highest BCUT2D eigenvalue weighted by molar-refractivity contribution is 6.30. The molecule has 0 aliphatic carbocycles. The molecule has 0 bridgehead atoms. The zero-order chi connectivity index (χ0) is 13.7. The second kappa shape index (κ2) is 7.13. The molecule has 3 nitrogen and oxygen atoms in total. The number of anilines is 1. The molecule has 2 N–H and O–H groups in total. The predicted octanol–water partition coefficient (Wildman–Crippen LogP) is 2.53. The van der Waals surface area contributed by atoms with Crippen molar-refractivity contribution < 1.29 is 5.11 Å². The second-order valence-electron chi connectivity index (χ2n) is 5.45. The molecule has 1 heterocycles. The van der Waals surface area contributed by atoms with Gasteiger partial charge in [-0.05, 0) is 43.5 Å². The summed E-state index contributed by atoms with van der Waals surface area (Å²) in [4.78, 5) is 2.40. The minimum absolute atomic E-state index is 0.257. The van der Waals surface area contributed by atoms with Crippen LogP contribution in [0.15, 0.2) is 24.3 Å². The van der Waals surface area contributed by atoms with Crippen molar-refractivity contribution in [3.8, 4) is 0 Å². The van der Waals surface area contributed by atoms with Gasteiger partial charge in [0, 0.05) is 36.4 Å². The van der Waals surface area contributed by atoms with Gasteiger partial charge in [-0.2, -0.15) is 0 Å². The maximum atomic E-state index is 8.84. The summed E-state index contributed by atoms with van der Waals surface area (Å²) >= 11 is 6.07. The molecule has 0 amide bonds. The van der Waals surface area contributed by atoms with Gasteiger partial charge >= 0.3 is 0 Å². The van der Waals surface area contributed by atoms with Crippen molar-refractivity contribution in [2.45, 2.75) is 25.8 Å². The first kappa shape index (κ1) is 14.6. The molecule has 1 aliphatic heterocycles. The fraction of sp³-hybridized carbons (Fsp3) is 0.600. The molecule has 2 rings (SSSR count). The van der Waals surface area contributed by atoms with Crippen LogP contribution in [-0.2, 0) is 0 Å². The predicted molar refractivity (Wildman–Crippen MR) is 80.9 cm³/mol. The molecule has 106 valence electrons. The number of piperidine rings is 1. The van der Waals surface area contributed by atoms with Crippen LogP contribution in [0.1, 0.15) is 19.8 Å². The van der Waals surface area contributed by atoms with Crippen LogP contribution in [0.3, 0.4) is 0 Å². The van der Waals surface area contributed by atoms with E-state index in [1.165, 1.54) is 12.1 Å². The van der Waals surface area contributed by atoms with E-state index in [0.29, 0.717) is 12.0 Å². The lowest BCUT2D eigenvalue weighted by Gasteiger charge is -2.38. The first-order valence-corrected chi connectivity index (χ1v) is 7.41. The Bertz CT molecular complexity index is 399. The number of halogens is 1. The third-order valence-electron chi connectivity index (χ3n) is 3.60. The zero-order valence-electron chi connectivity index (χ0n) is 11.5. The smallest absolute Gasteiger partial charge is 0.0443 e. The van der Waals surface area contributed by atoms with E-state index in [-0.39, 0.29) is 6.61 Å². The van der Waals surface area contributed by atoms with E-state index in [1.54, 1.807) is 0 Å². The number of aliphatic hydroxyl groups is 1. The lowest BCUT2D eigenvalue weighted by atomic mass is 9.95. The van der Waals surface area contributed by atoms with Crippen molar-refractivity contribution >= 4 is 17.3 Å². The molecule has 1 saturated heterocycles. The Labute approximate surface area is 120 Å². The molecule has 0 aromatic heterocycles. The molecule has 1 aromatic rings. The fourth-order valence-electron chi connectivity index (χ4n) is 2.77. The van der Waals surface area contributed by atoms with Gasteiger partial charge in [0.1, 0.15) is 0 Å². The first-order valence-electron chi connectivity index (χ1n) is 7.04. The summed E-state index contributed by atoms with van der Waals surface area (Å²) in [7, 11) is 0. The molecule has 1 aromatic carbocycles. The van der Waals surface area contributed by atoms with E-state index < -0.39 is 0 Å². The lowest BCUT2D eigenvalue weighted by molar-refractivity contribution is 0.276. The van der Waals surface area contributed by atoms with Crippen molar-refractivity contribution in [2.75, 3.05) is 31.1 Å². The quantitative estimate of drug-likeness (QED) is 0.815. The fourth-order valence-corrected chi connectivity index (χ4v) is 2.95. The summed E-state index contributed by atoms with van der Waals surface area (Å²) in [5.41, 5.74) is 1.20. The van der Waals surface area contributed by atoms with E-state index in [1.807, 2.05) is 18.2 Å². The van der Waals surface area contributed by atoms with Gasteiger partial charge < -0.3 is 15.3 Å². The maximum absolute atomic E-state index is 8.84. The van der Waals surface area contributed by atoms with Crippen LogP contribution in [0, 0.1) is 5.92 Å². The summed E-state index contributed by atoms with van der Waals surface area (Å²) in [5.74, 6) is 0.666. The number of nitrogens with zero attached hydrogens (tertiary/aromatic N) is 1. The van der Waals surface area contributed by atoms with Gasteiger partial charge in [-0.3, -0.25) is 0 Å². The molecule has 4 heteroatoms. The van der Waals surface area contributed by atoms with Gasteiger partial charge in [-0.1, -0.05) is 24.6 Å². The van der Waals surface area contributed by atoms with Gasteiger partial charge in [-0.15, -0.1) is 0 Å². The van der Waals surface area contributed by atoms with Crippen molar-refractivity contribution in [1.29, 1.82) is 0 Å². The second-order valence-corrected chi connectivity index (χ2v) is 5.89. The van der Waals surface area contributed by atoms with Crippen molar-refractivity contribution in [3.05, 3.63) is 29.3 Å². The van der Waals surface area contributed by atoms with Crippen LogP contribution in [-0.4, -0.2) is 37.4 Å². The van der Waals surface area contributed by atoms with Gasteiger partial charge in [0.2, 0.25) is 0 Å². The van der Waals surface area contributed by atoms with Crippen LogP contribution in [0.5, 0.6) is 0 Å². The summed E-state index contributed by atoms with van der Waals surface area (Å²) in [5, 5.41) is 13.2. The van der Waals surface area contributed by atoms with Crippen LogP contribution >= 0.6 is 11.6 Å². The number of benzene rings is 1. The lowest BCUT2D eigenvalue weighted by Crippen LogP contribution is -2.49. The van der Waals surface area contributed by atoms with E-state index >= 15 is 0 Å². The summed E-state index contributed by atoms with van der Waals surface area (Å²) in [6.45, 7) is 5.52. The highest BCUT2D eigenvalue weighted by Gasteiger charge is 2.24. The van der Waals surface area contributed by atoms with Gasteiger partial charge in [0.05, 0.1) is 0 Å². The van der Waals surface area contributed by atoms with Crippen molar-refractivity contribution in [1.82, 2.24) is 5.32 Å².